The minimum Gasteiger partial charge on any atom is -0.376 e. The van der Waals surface area contributed by atoms with Gasteiger partial charge in [-0.1, -0.05) is 11.6 Å². The van der Waals surface area contributed by atoms with Crippen molar-refractivity contribution in [2.45, 2.75) is 39.3 Å². The first-order chi connectivity index (χ1) is 13.4. The Kier molecular flexibility index (Phi) is 6.18. The molecule has 1 unspecified atom stereocenters. The number of carbonyl (C=O) groups is 1. The Bertz CT molecular complexity index is 969. The normalized spacial score (nSPS) is 16.8. The number of rotatable bonds is 5. The minimum absolute atomic E-state index is 0.0437. The summed E-state index contributed by atoms with van der Waals surface area (Å²) in [4.78, 5) is 12.5. The molecule has 0 saturated carbocycles. The van der Waals surface area contributed by atoms with Crippen LogP contribution in [0.5, 0.6) is 0 Å². The van der Waals surface area contributed by atoms with Gasteiger partial charge in [0.1, 0.15) is 17.5 Å². The van der Waals surface area contributed by atoms with Crippen LogP contribution in [0.2, 0.25) is 5.02 Å². The predicted molar refractivity (Wildman–Crippen MR) is 107 cm³/mol. The van der Waals surface area contributed by atoms with Gasteiger partial charge in [0.2, 0.25) is 0 Å². The van der Waals surface area contributed by atoms with Crippen molar-refractivity contribution in [2.24, 2.45) is 0 Å². The monoisotopic (exact) mass is 401 g/mol. The zero-order chi connectivity index (χ0) is 20.3. The molecule has 146 valence electrons. The maximum absolute atomic E-state index is 13.3. The van der Waals surface area contributed by atoms with E-state index in [1.165, 1.54) is 12.1 Å². The third kappa shape index (κ3) is 4.44. The molecule has 1 aliphatic heterocycles. The highest BCUT2D eigenvalue weighted by Crippen LogP contribution is 2.23. The molecule has 1 aromatic carbocycles. The third-order valence-corrected chi connectivity index (χ3v) is 5.16. The Morgan fingerprint density at radius 1 is 1.46 bits per heavy atom. The molecule has 1 aliphatic rings. The van der Waals surface area contributed by atoms with Gasteiger partial charge >= 0.3 is 0 Å². The molecule has 1 atom stereocenters. The first kappa shape index (κ1) is 20.1. The van der Waals surface area contributed by atoms with E-state index in [-0.39, 0.29) is 16.7 Å². The molecular weight excluding hydrogens is 381 g/mol. The molecule has 1 saturated heterocycles. The first-order valence-electron chi connectivity index (χ1n) is 9.05. The second-order valence-corrected chi connectivity index (χ2v) is 7.23. The van der Waals surface area contributed by atoms with E-state index >= 15 is 0 Å². The number of halogens is 2. The first-order valence-corrected chi connectivity index (χ1v) is 9.43. The molecule has 1 fully saturated rings. The maximum Gasteiger partial charge on any atom is 0.266 e. The van der Waals surface area contributed by atoms with Crippen LogP contribution >= 0.6 is 11.6 Å². The van der Waals surface area contributed by atoms with E-state index < -0.39 is 11.7 Å². The van der Waals surface area contributed by atoms with Crippen molar-refractivity contribution in [3.8, 4) is 6.07 Å². The van der Waals surface area contributed by atoms with Crippen LogP contribution in [-0.2, 0) is 16.1 Å². The molecule has 0 radical (unpaired) electrons. The summed E-state index contributed by atoms with van der Waals surface area (Å²) in [6.07, 6.45) is 3.87. The van der Waals surface area contributed by atoms with Crippen LogP contribution in [-0.4, -0.2) is 23.2 Å². The van der Waals surface area contributed by atoms with Crippen molar-refractivity contribution in [3.63, 3.8) is 0 Å². The number of nitrogens with one attached hydrogen (secondary N) is 1. The van der Waals surface area contributed by atoms with Crippen LogP contribution in [0.4, 0.5) is 10.1 Å². The number of carbonyl (C=O) groups excluding carboxylic acids is 1. The van der Waals surface area contributed by atoms with Gasteiger partial charge in [0.15, 0.2) is 0 Å². The molecule has 1 amide bonds. The van der Waals surface area contributed by atoms with Crippen LogP contribution in [0.1, 0.15) is 29.8 Å². The molecule has 2 aromatic rings. The third-order valence-electron chi connectivity index (χ3n) is 4.87. The summed E-state index contributed by atoms with van der Waals surface area (Å²) < 4.78 is 21.1. The van der Waals surface area contributed by atoms with Crippen molar-refractivity contribution in [2.75, 3.05) is 11.9 Å². The number of ether oxygens (including phenoxy) is 1. The number of nitriles is 1. The fourth-order valence-corrected chi connectivity index (χ4v) is 3.50. The van der Waals surface area contributed by atoms with Crippen LogP contribution in [0.3, 0.4) is 0 Å². The second kappa shape index (κ2) is 8.59. The average Bonchev–Trinajstić information content (AvgIpc) is 3.26. The molecule has 1 N–H and O–H groups in total. The van der Waals surface area contributed by atoms with E-state index in [0.29, 0.717) is 5.69 Å². The Labute approximate surface area is 168 Å². The van der Waals surface area contributed by atoms with E-state index in [9.17, 15) is 14.4 Å². The van der Waals surface area contributed by atoms with Gasteiger partial charge in [0.25, 0.3) is 5.91 Å². The Morgan fingerprint density at radius 3 is 2.89 bits per heavy atom. The number of nitrogens with zero attached hydrogens (tertiary/aromatic N) is 2. The number of benzene rings is 1. The number of hydrogen-bond donors (Lipinski definition) is 1. The molecule has 0 aliphatic carbocycles. The Balaban J connectivity index is 1.80. The zero-order valence-electron chi connectivity index (χ0n) is 15.8. The fourth-order valence-electron chi connectivity index (χ4n) is 3.32. The molecule has 1 aromatic heterocycles. The van der Waals surface area contributed by atoms with Gasteiger partial charge in [0, 0.05) is 30.2 Å². The second-order valence-electron chi connectivity index (χ2n) is 6.82. The van der Waals surface area contributed by atoms with Gasteiger partial charge in [-0.15, -0.1) is 0 Å². The predicted octanol–water partition coefficient (Wildman–Crippen LogP) is 4.62. The highest BCUT2D eigenvalue weighted by Gasteiger charge is 2.19. The van der Waals surface area contributed by atoms with Crippen LogP contribution in [0.15, 0.2) is 29.8 Å². The SMILES string of the molecule is Cc1cc(/C=C(\C#N)C(=O)Nc2ccc(F)c(Cl)c2)c(C)n1CC1CCCO1. The van der Waals surface area contributed by atoms with E-state index in [1.807, 2.05) is 26.0 Å². The quantitative estimate of drug-likeness (QED) is 0.587. The summed E-state index contributed by atoms with van der Waals surface area (Å²) in [7, 11) is 0. The summed E-state index contributed by atoms with van der Waals surface area (Å²) in [5.74, 6) is -1.15. The van der Waals surface area contributed by atoms with Crippen molar-refractivity contribution in [3.05, 3.63) is 57.6 Å². The van der Waals surface area contributed by atoms with Gasteiger partial charge in [-0.2, -0.15) is 5.26 Å². The molecule has 2 heterocycles. The van der Waals surface area contributed by atoms with Crippen molar-refractivity contribution >= 4 is 29.3 Å². The molecule has 7 heteroatoms. The van der Waals surface area contributed by atoms with E-state index in [4.69, 9.17) is 16.3 Å². The van der Waals surface area contributed by atoms with E-state index in [0.717, 1.165) is 49.0 Å². The lowest BCUT2D eigenvalue weighted by molar-refractivity contribution is -0.112. The van der Waals surface area contributed by atoms with E-state index in [2.05, 4.69) is 9.88 Å². The number of anilines is 1. The number of hydrogen-bond acceptors (Lipinski definition) is 3. The van der Waals surface area contributed by atoms with Crippen LogP contribution < -0.4 is 5.32 Å². The smallest absolute Gasteiger partial charge is 0.266 e. The molecule has 3 rings (SSSR count). The van der Waals surface area contributed by atoms with E-state index in [1.54, 1.807) is 6.08 Å². The molecular formula is C21H21ClFN3O2. The average molecular weight is 402 g/mol. The van der Waals surface area contributed by atoms with Crippen LogP contribution in [0, 0.1) is 31.0 Å². The van der Waals surface area contributed by atoms with Gasteiger partial charge in [-0.3, -0.25) is 4.79 Å². The van der Waals surface area contributed by atoms with Gasteiger partial charge in [0.05, 0.1) is 11.1 Å². The topological polar surface area (TPSA) is 67.0 Å². The van der Waals surface area contributed by atoms with Crippen molar-refractivity contribution < 1.29 is 13.9 Å². The lowest BCUT2D eigenvalue weighted by Crippen LogP contribution is -2.17. The maximum atomic E-state index is 13.3. The largest absolute Gasteiger partial charge is 0.376 e. The standard InChI is InChI=1S/C21H21ClFN3O2/c1-13-8-15(14(2)26(13)12-18-4-3-7-28-18)9-16(11-24)21(27)25-17-5-6-20(23)19(22)10-17/h5-6,8-10,18H,3-4,7,12H2,1-2H3,(H,25,27)/b16-9+. The molecule has 0 spiro atoms. The molecule has 28 heavy (non-hydrogen) atoms. The van der Waals surface area contributed by atoms with Gasteiger partial charge in [-0.25, -0.2) is 4.39 Å². The Morgan fingerprint density at radius 2 is 2.25 bits per heavy atom. The number of amides is 1. The summed E-state index contributed by atoms with van der Waals surface area (Å²) in [5, 5.41) is 11.9. The number of aryl methyl sites for hydroxylation is 1. The highest BCUT2D eigenvalue weighted by molar-refractivity contribution is 6.31. The minimum atomic E-state index is -0.575. The van der Waals surface area contributed by atoms with Crippen LogP contribution in [0.25, 0.3) is 6.08 Å². The zero-order valence-corrected chi connectivity index (χ0v) is 16.5. The highest BCUT2D eigenvalue weighted by atomic mass is 35.5. The lowest BCUT2D eigenvalue weighted by Gasteiger charge is -2.14. The Hall–Kier alpha value is -2.62. The number of aromatic nitrogens is 1. The van der Waals surface area contributed by atoms with Gasteiger partial charge in [-0.05, 0) is 62.6 Å². The summed E-state index contributed by atoms with van der Waals surface area (Å²) in [5.41, 5.74) is 3.10. The molecule has 5 nitrogen and oxygen atoms in total. The van der Waals surface area contributed by atoms with Crippen molar-refractivity contribution in [1.29, 1.82) is 5.26 Å². The summed E-state index contributed by atoms with van der Waals surface area (Å²) >= 11 is 5.73. The van der Waals surface area contributed by atoms with Crippen molar-refractivity contribution in [1.82, 2.24) is 4.57 Å². The molecule has 0 bridgehead atoms. The lowest BCUT2D eigenvalue weighted by atomic mass is 10.1. The van der Waals surface area contributed by atoms with Gasteiger partial charge < -0.3 is 14.6 Å². The fraction of sp³-hybridized carbons (Fsp3) is 0.333. The summed E-state index contributed by atoms with van der Waals surface area (Å²) in [6.45, 7) is 5.50. The summed E-state index contributed by atoms with van der Waals surface area (Å²) in [6, 6.07) is 7.73.